The molecule has 100 valence electrons. The fourth-order valence-corrected chi connectivity index (χ4v) is 2.04. The zero-order valence-corrected chi connectivity index (χ0v) is 11.8. The lowest BCUT2D eigenvalue weighted by molar-refractivity contribution is -0.120. The van der Waals surface area contributed by atoms with Crippen molar-refractivity contribution in [3.05, 3.63) is 29.8 Å². The number of carbonyl (C=O) groups excluding carboxylic acids is 1. The van der Waals surface area contributed by atoms with Crippen molar-refractivity contribution < 1.29 is 4.79 Å². The fourth-order valence-electron chi connectivity index (χ4n) is 2.04. The van der Waals surface area contributed by atoms with Crippen molar-refractivity contribution in [2.45, 2.75) is 39.7 Å². The maximum atomic E-state index is 12.1. The molecule has 0 aliphatic carbocycles. The molecule has 0 bridgehead atoms. The number of hydrogen-bond donors (Lipinski definition) is 2. The molecule has 1 aromatic carbocycles. The van der Waals surface area contributed by atoms with Crippen LogP contribution in [0.2, 0.25) is 0 Å². The highest BCUT2D eigenvalue weighted by Crippen LogP contribution is 2.23. The molecule has 0 saturated heterocycles. The third-order valence-electron chi connectivity index (χ3n) is 3.47. The SMILES string of the molecule is CCC(CC)C(=O)Nc1ccccc1C(C)NC. The van der Waals surface area contributed by atoms with Gasteiger partial charge in [-0.25, -0.2) is 0 Å². The van der Waals surface area contributed by atoms with Crippen LogP contribution in [0.25, 0.3) is 0 Å². The van der Waals surface area contributed by atoms with Crippen molar-refractivity contribution in [1.29, 1.82) is 0 Å². The summed E-state index contributed by atoms with van der Waals surface area (Å²) in [7, 11) is 1.92. The summed E-state index contributed by atoms with van der Waals surface area (Å²) in [5, 5.41) is 6.25. The predicted octanol–water partition coefficient (Wildman–Crippen LogP) is 3.34. The molecule has 1 unspecified atom stereocenters. The summed E-state index contributed by atoms with van der Waals surface area (Å²) in [5.74, 6) is 0.221. The summed E-state index contributed by atoms with van der Waals surface area (Å²) in [6, 6.07) is 8.18. The van der Waals surface area contributed by atoms with E-state index in [4.69, 9.17) is 0 Å². The van der Waals surface area contributed by atoms with Gasteiger partial charge in [-0.05, 0) is 38.4 Å². The summed E-state index contributed by atoms with van der Waals surface area (Å²) in [6.45, 7) is 6.19. The Morgan fingerprint density at radius 2 is 1.83 bits per heavy atom. The lowest BCUT2D eigenvalue weighted by Gasteiger charge is -2.18. The second-order valence-electron chi connectivity index (χ2n) is 4.60. The number of para-hydroxylation sites is 1. The van der Waals surface area contributed by atoms with Gasteiger partial charge in [0.15, 0.2) is 0 Å². The predicted molar refractivity (Wildman–Crippen MR) is 76.6 cm³/mol. The maximum absolute atomic E-state index is 12.1. The molecule has 18 heavy (non-hydrogen) atoms. The molecule has 1 rings (SSSR count). The van der Waals surface area contributed by atoms with Crippen molar-refractivity contribution in [3.8, 4) is 0 Å². The number of nitrogens with one attached hydrogen (secondary N) is 2. The maximum Gasteiger partial charge on any atom is 0.227 e. The van der Waals surface area contributed by atoms with E-state index >= 15 is 0 Å². The van der Waals surface area contributed by atoms with Gasteiger partial charge in [-0.15, -0.1) is 0 Å². The van der Waals surface area contributed by atoms with Gasteiger partial charge in [0.25, 0.3) is 0 Å². The van der Waals surface area contributed by atoms with E-state index < -0.39 is 0 Å². The highest BCUT2D eigenvalue weighted by molar-refractivity contribution is 5.93. The highest BCUT2D eigenvalue weighted by Gasteiger charge is 2.16. The van der Waals surface area contributed by atoms with Crippen LogP contribution in [-0.2, 0) is 4.79 Å². The fraction of sp³-hybridized carbons (Fsp3) is 0.533. The number of amides is 1. The standard InChI is InChI=1S/C15H24N2O/c1-5-12(6-2)15(18)17-14-10-8-7-9-13(14)11(3)16-4/h7-12,16H,5-6H2,1-4H3,(H,17,18). The molecule has 1 aromatic rings. The molecule has 0 aliphatic heterocycles. The largest absolute Gasteiger partial charge is 0.326 e. The van der Waals surface area contributed by atoms with E-state index in [9.17, 15) is 4.79 Å². The van der Waals surface area contributed by atoms with Crippen molar-refractivity contribution in [2.24, 2.45) is 5.92 Å². The third kappa shape index (κ3) is 3.57. The number of benzene rings is 1. The van der Waals surface area contributed by atoms with Gasteiger partial charge in [0.1, 0.15) is 0 Å². The topological polar surface area (TPSA) is 41.1 Å². The summed E-state index contributed by atoms with van der Waals surface area (Å²) >= 11 is 0. The van der Waals surface area contributed by atoms with Gasteiger partial charge in [-0.3, -0.25) is 4.79 Å². The molecule has 3 nitrogen and oxygen atoms in total. The molecule has 0 aromatic heterocycles. The normalized spacial score (nSPS) is 12.5. The van der Waals surface area contributed by atoms with Crippen molar-refractivity contribution in [1.82, 2.24) is 5.32 Å². The van der Waals surface area contributed by atoms with Crippen molar-refractivity contribution in [3.63, 3.8) is 0 Å². The Morgan fingerprint density at radius 1 is 1.22 bits per heavy atom. The summed E-state index contributed by atoms with van der Waals surface area (Å²) in [5.41, 5.74) is 2.04. The molecule has 0 saturated carbocycles. The van der Waals surface area contributed by atoms with Crippen LogP contribution in [0.15, 0.2) is 24.3 Å². The van der Waals surface area contributed by atoms with Crippen molar-refractivity contribution >= 4 is 11.6 Å². The minimum Gasteiger partial charge on any atom is -0.326 e. The first-order valence-electron chi connectivity index (χ1n) is 6.71. The van der Waals surface area contributed by atoms with E-state index in [2.05, 4.69) is 31.4 Å². The van der Waals surface area contributed by atoms with Crippen molar-refractivity contribution in [2.75, 3.05) is 12.4 Å². The van der Waals surface area contributed by atoms with E-state index in [0.717, 1.165) is 24.1 Å². The molecular weight excluding hydrogens is 224 g/mol. The summed E-state index contributed by atoms with van der Waals surface area (Å²) in [4.78, 5) is 12.1. The van der Waals surface area contributed by atoms with Gasteiger partial charge in [0.05, 0.1) is 0 Å². The van der Waals surface area contributed by atoms with Crippen LogP contribution in [-0.4, -0.2) is 13.0 Å². The van der Waals surface area contributed by atoms with Crippen LogP contribution >= 0.6 is 0 Å². The average molecular weight is 248 g/mol. The van der Waals surface area contributed by atoms with Gasteiger partial charge in [-0.1, -0.05) is 32.0 Å². The van der Waals surface area contributed by atoms with Crippen LogP contribution in [0.5, 0.6) is 0 Å². The van der Waals surface area contributed by atoms with Crippen LogP contribution in [0.3, 0.4) is 0 Å². The van der Waals surface area contributed by atoms with Gasteiger partial charge in [0, 0.05) is 17.6 Å². The van der Waals surface area contributed by atoms with Crippen LogP contribution < -0.4 is 10.6 Å². The Morgan fingerprint density at radius 3 is 2.39 bits per heavy atom. The van der Waals surface area contributed by atoms with Crippen LogP contribution in [0.4, 0.5) is 5.69 Å². The quantitative estimate of drug-likeness (QED) is 0.810. The minimum atomic E-state index is 0.1000. The van der Waals surface area contributed by atoms with Gasteiger partial charge < -0.3 is 10.6 Å². The number of carbonyl (C=O) groups is 1. The van der Waals surface area contributed by atoms with E-state index in [1.807, 2.05) is 31.3 Å². The Kier molecular flexibility index (Phi) is 5.86. The molecule has 3 heteroatoms. The summed E-state index contributed by atoms with van der Waals surface area (Å²) in [6.07, 6.45) is 1.76. The molecule has 0 radical (unpaired) electrons. The third-order valence-corrected chi connectivity index (χ3v) is 3.47. The molecule has 0 aliphatic rings. The molecule has 1 atom stereocenters. The highest BCUT2D eigenvalue weighted by atomic mass is 16.1. The molecule has 2 N–H and O–H groups in total. The van der Waals surface area contributed by atoms with Crippen LogP contribution in [0, 0.1) is 5.92 Å². The van der Waals surface area contributed by atoms with E-state index in [1.54, 1.807) is 0 Å². The second-order valence-corrected chi connectivity index (χ2v) is 4.60. The molecule has 0 heterocycles. The average Bonchev–Trinajstić information content (AvgIpc) is 2.40. The lowest BCUT2D eigenvalue weighted by Crippen LogP contribution is -2.23. The summed E-state index contributed by atoms with van der Waals surface area (Å²) < 4.78 is 0. The number of rotatable bonds is 6. The monoisotopic (exact) mass is 248 g/mol. The molecule has 0 spiro atoms. The zero-order valence-electron chi connectivity index (χ0n) is 11.8. The Balaban J connectivity index is 2.87. The minimum absolute atomic E-state index is 0.1000. The van der Waals surface area contributed by atoms with Gasteiger partial charge in [0.2, 0.25) is 5.91 Å². The van der Waals surface area contributed by atoms with E-state index in [-0.39, 0.29) is 17.9 Å². The number of hydrogen-bond acceptors (Lipinski definition) is 2. The molecule has 1 amide bonds. The number of anilines is 1. The van der Waals surface area contributed by atoms with Crippen LogP contribution in [0.1, 0.15) is 45.2 Å². The van der Waals surface area contributed by atoms with E-state index in [1.165, 1.54) is 0 Å². The zero-order chi connectivity index (χ0) is 13.5. The Bertz CT molecular complexity index is 386. The first kappa shape index (κ1) is 14.7. The Hall–Kier alpha value is -1.35. The van der Waals surface area contributed by atoms with Gasteiger partial charge in [-0.2, -0.15) is 0 Å². The van der Waals surface area contributed by atoms with E-state index in [0.29, 0.717) is 0 Å². The first-order valence-corrected chi connectivity index (χ1v) is 6.71. The Labute approximate surface area is 110 Å². The molecule has 0 fully saturated rings. The second kappa shape index (κ2) is 7.17. The molecular formula is C15H24N2O. The smallest absolute Gasteiger partial charge is 0.227 e. The van der Waals surface area contributed by atoms with Gasteiger partial charge >= 0.3 is 0 Å². The first-order chi connectivity index (χ1) is 8.63. The lowest BCUT2D eigenvalue weighted by atomic mass is 10.0.